The summed E-state index contributed by atoms with van der Waals surface area (Å²) in [5.41, 5.74) is 4.25. The summed E-state index contributed by atoms with van der Waals surface area (Å²) in [6, 6.07) is 27.5. The Kier molecular flexibility index (Phi) is 7.68. The Bertz CT molecular complexity index is 1700. The number of nitrogens with one attached hydrogen (secondary N) is 2. The number of amides is 1. The zero-order valence-corrected chi connectivity index (χ0v) is 22.0. The maximum atomic E-state index is 13.6. The molecule has 0 unspecified atom stereocenters. The molecule has 0 saturated heterocycles. The molecular formula is C32H27FN4O3. The number of carbonyl (C=O) groups is 1. The van der Waals surface area contributed by atoms with E-state index >= 15 is 0 Å². The van der Waals surface area contributed by atoms with Crippen LogP contribution in [-0.4, -0.2) is 15.7 Å². The third-order valence-corrected chi connectivity index (χ3v) is 6.50. The van der Waals surface area contributed by atoms with Crippen molar-refractivity contribution in [2.24, 2.45) is 0 Å². The topological polar surface area (TPSA) is 85.2 Å². The van der Waals surface area contributed by atoms with Crippen molar-refractivity contribution in [2.75, 3.05) is 5.32 Å². The summed E-state index contributed by atoms with van der Waals surface area (Å²) in [6.45, 7) is 4.22. The standard InChI is InChI=1S/C32H27FN4O3/c1-21-7-6-10-28(22(21)2)40-29-20-35-37(27-8-4-3-5-9-27)32(39)30(29)36-26-17-13-24(14-18-26)31(38)34-19-23-11-15-25(33)16-12-23/h3-18,20,36H,19H2,1-2H3,(H,34,38). The minimum atomic E-state index is -0.393. The lowest BCUT2D eigenvalue weighted by Gasteiger charge is -2.16. The maximum Gasteiger partial charge on any atom is 0.299 e. The Balaban J connectivity index is 1.41. The number of halogens is 1. The highest BCUT2D eigenvalue weighted by atomic mass is 19.1. The summed E-state index contributed by atoms with van der Waals surface area (Å²) in [5.74, 6) is 0.289. The van der Waals surface area contributed by atoms with Crippen LogP contribution in [0.4, 0.5) is 15.8 Å². The van der Waals surface area contributed by atoms with Gasteiger partial charge in [-0.25, -0.2) is 4.39 Å². The van der Waals surface area contributed by atoms with Crippen molar-refractivity contribution in [3.05, 3.63) is 142 Å². The van der Waals surface area contributed by atoms with Crippen molar-refractivity contribution < 1.29 is 13.9 Å². The van der Waals surface area contributed by atoms with E-state index in [9.17, 15) is 14.0 Å². The van der Waals surface area contributed by atoms with E-state index < -0.39 is 5.56 Å². The molecule has 5 rings (SSSR count). The lowest BCUT2D eigenvalue weighted by molar-refractivity contribution is 0.0951. The normalized spacial score (nSPS) is 10.7. The van der Waals surface area contributed by atoms with Gasteiger partial charge in [0.05, 0.1) is 11.9 Å². The highest BCUT2D eigenvalue weighted by Gasteiger charge is 2.17. The van der Waals surface area contributed by atoms with Crippen LogP contribution in [0.5, 0.6) is 11.5 Å². The van der Waals surface area contributed by atoms with E-state index in [1.54, 1.807) is 48.5 Å². The third-order valence-electron chi connectivity index (χ3n) is 6.50. The first kappa shape index (κ1) is 26.4. The van der Waals surface area contributed by atoms with Gasteiger partial charge in [0.15, 0.2) is 11.4 Å². The number of aryl methyl sites for hydroxylation is 1. The molecule has 0 saturated carbocycles. The van der Waals surface area contributed by atoms with Crippen LogP contribution in [0.2, 0.25) is 0 Å². The summed E-state index contributed by atoms with van der Waals surface area (Å²) >= 11 is 0. The zero-order chi connectivity index (χ0) is 28.1. The van der Waals surface area contributed by atoms with Gasteiger partial charge in [0.1, 0.15) is 11.6 Å². The Labute approximate surface area is 230 Å². The quantitative estimate of drug-likeness (QED) is 0.239. The fourth-order valence-electron chi connectivity index (χ4n) is 4.07. The Hall–Kier alpha value is -5.24. The van der Waals surface area contributed by atoms with Gasteiger partial charge in [-0.15, -0.1) is 0 Å². The first-order valence-electron chi connectivity index (χ1n) is 12.7. The fourth-order valence-corrected chi connectivity index (χ4v) is 4.07. The smallest absolute Gasteiger partial charge is 0.299 e. The average Bonchev–Trinajstić information content (AvgIpc) is 2.97. The van der Waals surface area contributed by atoms with E-state index in [-0.39, 0.29) is 29.7 Å². The van der Waals surface area contributed by atoms with Gasteiger partial charge in [-0.05, 0) is 85.1 Å². The number of benzene rings is 4. The first-order chi connectivity index (χ1) is 19.4. The fraction of sp³-hybridized carbons (Fsp3) is 0.0938. The van der Waals surface area contributed by atoms with E-state index in [1.807, 2.05) is 50.2 Å². The summed E-state index contributed by atoms with van der Waals surface area (Å²) in [5, 5.41) is 10.3. The lowest BCUT2D eigenvalue weighted by atomic mass is 10.1. The van der Waals surface area contributed by atoms with E-state index in [0.29, 0.717) is 22.7 Å². The molecule has 7 nitrogen and oxygen atoms in total. The maximum absolute atomic E-state index is 13.6. The van der Waals surface area contributed by atoms with Crippen LogP contribution in [0, 0.1) is 19.7 Å². The molecule has 2 N–H and O–H groups in total. The number of rotatable bonds is 8. The van der Waals surface area contributed by atoms with Crippen molar-refractivity contribution >= 4 is 17.3 Å². The predicted octanol–water partition coefficient (Wildman–Crippen LogP) is 6.45. The lowest BCUT2D eigenvalue weighted by Crippen LogP contribution is -2.24. The first-order valence-corrected chi connectivity index (χ1v) is 12.7. The number of carbonyl (C=O) groups excluding carboxylic acids is 1. The van der Waals surface area contributed by atoms with Gasteiger partial charge in [-0.1, -0.05) is 42.5 Å². The van der Waals surface area contributed by atoms with Crippen LogP contribution in [0.3, 0.4) is 0 Å². The molecule has 0 aliphatic rings. The van der Waals surface area contributed by atoms with Crippen molar-refractivity contribution in [3.8, 4) is 17.2 Å². The summed E-state index contributed by atoms with van der Waals surface area (Å²) in [7, 11) is 0. The van der Waals surface area contributed by atoms with Gasteiger partial charge in [0.2, 0.25) is 0 Å². The molecule has 5 aromatic rings. The van der Waals surface area contributed by atoms with Gasteiger partial charge >= 0.3 is 0 Å². The van der Waals surface area contributed by atoms with Gasteiger partial charge in [-0.2, -0.15) is 9.78 Å². The van der Waals surface area contributed by atoms with Gasteiger partial charge in [0.25, 0.3) is 11.5 Å². The number of aromatic nitrogens is 2. The van der Waals surface area contributed by atoms with Crippen molar-refractivity contribution in [1.82, 2.24) is 15.1 Å². The molecule has 0 radical (unpaired) electrons. The largest absolute Gasteiger partial charge is 0.453 e. The summed E-state index contributed by atoms with van der Waals surface area (Å²) in [6.07, 6.45) is 1.51. The van der Waals surface area contributed by atoms with E-state index in [2.05, 4.69) is 15.7 Å². The molecule has 0 aliphatic carbocycles. The highest BCUT2D eigenvalue weighted by molar-refractivity contribution is 5.94. The SMILES string of the molecule is Cc1cccc(Oc2cnn(-c3ccccc3)c(=O)c2Nc2ccc(C(=O)NCc3ccc(F)cc3)cc2)c1C. The molecule has 1 aromatic heterocycles. The molecular weight excluding hydrogens is 507 g/mol. The van der Waals surface area contributed by atoms with Crippen LogP contribution in [-0.2, 0) is 6.54 Å². The number of ether oxygens (including phenoxy) is 1. The van der Waals surface area contributed by atoms with Crippen molar-refractivity contribution in [1.29, 1.82) is 0 Å². The molecule has 8 heteroatoms. The third kappa shape index (κ3) is 5.91. The van der Waals surface area contributed by atoms with Crippen molar-refractivity contribution in [2.45, 2.75) is 20.4 Å². The number of hydrogen-bond donors (Lipinski definition) is 2. The van der Waals surface area contributed by atoms with Crippen LogP contribution >= 0.6 is 0 Å². The molecule has 200 valence electrons. The van der Waals surface area contributed by atoms with Crippen LogP contribution in [0.1, 0.15) is 27.0 Å². The molecule has 4 aromatic carbocycles. The van der Waals surface area contributed by atoms with Crippen LogP contribution in [0.25, 0.3) is 5.69 Å². The minimum absolute atomic E-state index is 0.202. The molecule has 1 heterocycles. The van der Waals surface area contributed by atoms with Crippen LogP contribution in [0.15, 0.2) is 108 Å². The predicted molar refractivity (Wildman–Crippen MR) is 153 cm³/mol. The van der Waals surface area contributed by atoms with Gasteiger partial charge in [0, 0.05) is 17.8 Å². The van der Waals surface area contributed by atoms with E-state index in [1.165, 1.54) is 23.0 Å². The second-order valence-electron chi connectivity index (χ2n) is 9.25. The Morgan fingerprint density at radius 3 is 2.33 bits per heavy atom. The number of anilines is 2. The Morgan fingerprint density at radius 2 is 1.60 bits per heavy atom. The highest BCUT2D eigenvalue weighted by Crippen LogP contribution is 2.31. The molecule has 0 fully saturated rings. The van der Waals surface area contributed by atoms with Crippen molar-refractivity contribution in [3.63, 3.8) is 0 Å². The summed E-state index contributed by atoms with van der Waals surface area (Å²) in [4.78, 5) is 26.3. The monoisotopic (exact) mass is 534 g/mol. The molecule has 40 heavy (non-hydrogen) atoms. The number of nitrogens with zero attached hydrogens (tertiary/aromatic N) is 2. The number of para-hydroxylation sites is 1. The van der Waals surface area contributed by atoms with E-state index in [0.717, 1.165) is 16.7 Å². The Morgan fingerprint density at radius 1 is 0.875 bits per heavy atom. The molecule has 1 amide bonds. The van der Waals surface area contributed by atoms with E-state index in [4.69, 9.17) is 4.74 Å². The zero-order valence-electron chi connectivity index (χ0n) is 22.0. The average molecular weight is 535 g/mol. The second kappa shape index (κ2) is 11.7. The second-order valence-corrected chi connectivity index (χ2v) is 9.25. The van der Waals surface area contributed by atoms with Crippen LogP contribution < -0.4 is 20.9 Å². The summed E-state index contributed by atoms with van der Waals surface area (Å²) < 4.78 is 20.6. The molecule has 0 bridgehead atoms. The molecule has 0 aliphatic heterocycles. The van der Waals surface area contributed by atoms with Gasteiger partial charge in [-0.3, -0.25) is 9.59 Å². The molecule has 0 atom stereocenters. The van der Waals surface area contributed by atoms with Gasteiger partial charge < -0.3 is 15.4 Å². The molecule has 0 spiro atoms. The minimum Gasteiger partial charge on any atom is -0.453 e. The number of hydrogen-bond acceptors (Lipinski definition) is 5.